The van der Waals surface area contributed by atoms with E-state index < -0.39 is 8.32 Å². The molecule has 1 aliphatic heterocycles. The van der Waals surface area contributed by atoms with Crippen LogP contribution in [-0.2, 0) is 9.16 Å². The number of hydrogen-bond acceptors (Lipinski definition) is 2. The molecule has 0 bridgehead atoms. The van der Waals surface area contributed by atoms with E-state index in [1.165, 1.54) is 10.0 Å². The summed E-state index contributed by atoms with van der Waals surface area (Å²) in [5, 5.41) is 0.182. The second kappa shape index (κ2) is 9.76. The molecule has 2 aromatic rings. The molecule has 1 heterocycles. The molecule has 2 aromatic carbocycles. The molecular formula is C27H38O2SeSi. The van der Waals surface area contributed by atoms with E-state index in [0.717, 1.165) is 6.61 Å². The summed E-state index contributed by atoms with van der Waals surface area (Å²) >= 11 is 0.248. The Kier molecular flexibility index (Phi) is 7.71. The Hall–Kier alpha value is -1.16. The van der Waals surface area contributed by atoms with Crippen LogP contribution in [0.2, 0.25) is 22.9 Å². The van der Waals surface area contributed by atoms with Crippen LogP contribution in [0.3, 0.4) is 0 Å². The SMILES string of the molecule is CC1(C)CO[C@@H](/C=C/c2ccccc2)[C@H]([Se]c2ccccc2)[C@H]1O[Si](C)(C)C(C)(C)C. The minimum atomic E-state index is -1.93. The van der Waals surface area contributed by atoms with Crippen LogP contribution in [0.5, 0.6) is 0 Å². The zero-order valence-electron chi connectivity index (χ0n) is 20.1. The molecule has 2 nitrogen and oxygen atoms in total. The van der Waals surface area contributed by atoms with Crippen molar-refractivity contribution in [2.75, 3.05) is 6.61 Å². The van der Waals surface area contributed by atoms with Crippen LogP contribution in [0.25, 0.3) is 6.08 Å². The van der Waals surface area contributed by atoms with Crippen LogP contribution < -0.4 is 4.46 Å². The predicted molar refractivity (Wildman–Crippen MR) is 137 cm³/mol. The maximum absolute atomic E-state index is 7.17. The van der Waals surface area contributed by atoms with Gasteiger partial charge in [0.15, 0.2) is 0 Å². The Morgan fingerprint density at radius 3 is 2.16 bits per heavy atom. The number of rotatable bonds is 6. The van der Waals surface area contributed by atoms with Crippen molar-refractivity contribution < 1.29 is 9.16 Å². The van der Waals surface area contributed by atoms with E-state index in [2.05, 4.69) is 121 Å². The third-order valence-corrected chi connectivity index (χ3v) is 13.8. The van der Waals surface area contributed by atoms with E-state index in [0.29, 0.717) is 4.82 Å². The summed E-state index contributed by atoms with van der Waals surface area (Å²) in [5.74, 6) is 0. The van der Waals surface area contributed by atoms with Crippen molar-refractivity contribution in [3.63, 3.8) is 0 Å². The summed E-state index contributed by atoms with van der Waals surface area (Å²) in [5.41, 5.74) is 1.19. The predicted octanol–water partition coefficient (Wildman–Crippen LogP) is 6.33. The fourth-order valence-corrected chi connectivity index (χ4v) is 8.32. The van der Waals surface area contributed by atoms with Crippen LogP contribution in [0.4, 0.5) is 0 Å². The Bertz CT molecular complexity index is 856. The van der Waals surface area contributed by atoms with Gasteiger partial charge in [0.1, 0.15) is 0 Å². The molecule has 1 saturated heterocycles. The summed E-state index contributed by atoms with van der Waals surface area (Å²) in [6.45, 7) is 17.1. The summed E-state index contributed by atoms with van der Waals surface area (Å²) < 4.78 is 15.1. The maximum atomic E-state index is 7.17. The molecule has 0 unspecified atom stereocenters. The molecule has 0 aromatic heterocycles. The summed E-state index contributed by atoms with van der Waals surface area (Å²) in [6.07, 6.45) is 4.71. The molecule has 168 valence electrons. The molecule has 0 saturated carbocycles. The van der Waals surface area contributed by atoms with E-state index in [4.69, 9.17) is 9.16 Å². The van der Waals surface area contributed by atoms with Crippen LogP contribution >= 0.6 is 0 Å². The number of benzene rings is 2. The first-order chi connectivity index (χ1) is 14.5. The molecule has 0 spiro atoms. The van der Waals surface area contributed by atoms with Crippen molar-refractivity contribution in [3.8, 4) is 0 Å². The molecule has 3 atom stereocenters. The Morgan fingerprint density at radius 2 is 1.58 bits per heavy atom. The molecule has 0 N–H and O–H groups in total. The first-order valence-electron chi connectivity index (χ1n) is 11.2. The van der Waals surface area contributed by atoms with E-state index in [-0.39, 0.29) is 37.6 Å². The first kappa shape index (κ1) is 24.5. The second-order valence-corrected chi connectivity index (χ2v) is 18.1. The van der Waals surface area contributed by atoms with E-state index >= 15 is 0 Å². The minimum absolute atomic E-state index is 0.0200. The van der Waals surface area contributed by atoms with Gasteiger partial charge in [-0.05, 0) is 0 Å². The number of hydrogen-bond donors (Lipinski definition) is 0. The van der Waals surface area contributed by atoms with Crippen LogP contribution in [0, 0.1) is 5.41 Å². The molecule has 4 heteroatoms. The molecule has 1 fully saturated rings. The molecule has 0 radical (unpaired) electrons. The van der Waals surface area contributed by atoms with Crippen molar-refractivity contribution in [3.05, 3.63) is 72.3 Å². The zero-order valence-corrected chi connectivity index (χ0v) is 22.8. The molecule has 0 aliphatic carbocycles. The van der Waals surface area contributed by atoms with Gasteiger partial charge in [-0.2, -0.15) is 0 Å². The van der Waals surface area contributed by atoms with Crippen LogP contribution in [0.1, 0.15) is 40.2 Å². The van der Waals surface area contributed by atoms with E-state index in [1.807, 2.05) is 0 Å². The Labute approximate surface area is 196 Å². The van der Waals surface area contributed by atoms with Gasteiger partial charge in [-0.25, -0.2) is 0 Å². The molecule has 3 rings (SSSR count). The molecule has 31 heavy (non-hydrogen) atoms. The fourth-order valence-electron chi connectivity index (χ4n) is 3.55. The van der Waals surface area contributed by atoms with Gasteiger partial charge in [0, 0.05) is 0 Å². The van der Waals surface area contributed by atoms with Crippen molar-refractivity contribution in [1.82, 2.24) is 0 Å². The Balaban J connectivity index is 1.95. The topological polar surface area (TPSA) is 18.5 Å². The van der Waals surface area contributed by atoms with Gasteiger partial charge in [-0.3, -0.25) is 0 Å². The van der Waals surface area contributed by atoms with Gasteiger partial charge in [0.25, 0.3) is 0 Å². The van der Waals surface area contributed by atoms with Crippen LogP contribution in [-0.4, -0.2) is 42.1 Å². The molecular weight excluding hydrogens is 463 g/mol. The van der Waals surface area contributed by atoms with E-state index in [1.54, 1.807) is 0 Å². The van der Waals surface area contributed by atoms with E-state index in [9.17, 15) is 0 Å². The summed E-state index contributed by atoms with van der Waals surface area (Å²) in [4.78, 5) is 0.327. The van der Waals surface area contributed by atoms with Gasteiger partial charge < -0.3 is 0 Å². The van der Waals surface area contributed by atoms with Gasteiger partial charge in [-0.1, -0.05) is 0 Å². The monoisotopic (exact) mass is 502 g/mol. The van der Waals surface area contributed by atoms with Crippen molar-refractivity contribution >= 4 is 33.8 Å². The van der Waals surface area contributed by atoms with Crippen molar-refractivity contribution in [2.24, 2.45) is 5.41 Å². The fraction of sp³-hybridized carbons (Fsp3) is 0.481. The third-order valence-electron chi connectivity index (χ3n) is 6.56. The van der Waals surface area contributed by atoms with Crippen molar-refractivity contribution in [1.29, 1.82) is 0 Å². The molecule has 0 amide bonds. The average Bonchev–Trinajstić information content (AvgIpc) is 2.71. The summed E-state index contributed by atoms with van der Waals surface area (Å²) in [6, 6.07) is 21.4. The normalized spacial score (nSPS) is 24.4. The molecule has 1 aliphatic rings. The quantitative estimate of drug-likeness (QED) is 0.431. The third kappa shape index (κ3) is 6.21. The zero-order chi connectivity index (χ0) is 22.7. The van der Waals surface area contributed by atoms with Crippen LogP contribution in [0.15, 0.2) is 66.7 Å². The average molecular weight is 502 g/mol. The second-order valence-electron chi connectivity index (χ2n) is 10.7. The summed E-state index contributed by atoms with van der Waals surface area (Å²) in [7, 11) is -1.93. The van der Waals surface area contributed by atoms with Gasteiger partial charge >= 0.3 is 197 Å². The Morgan fingerprint density at radius 1 is 1.00 bits per heavy atom. The van der Waals surface area contributed by atoms with Crippen molar-refractivity contribution in [2.45, 2.75) is 69.8 Å². The number of ether oxygens (including phenoxy) is 1. The van der Waals surface area contributed by atoms with Gasteiger partial charge in [-0.15, -0.1) is 0 Å². The van der Waals surface area contributed by atoms with Gasteiger partial charge in [0.05, 0.1) is 0 Å². The standard InChI is InChI=1S/C27H38O2SeSi/c1-26(2,3)31(6,7)29-25-24(30-22-16-12-9-13-17-22)23(28-20-27(25,4)5)19-18-21-14-10-8-11-15-21/h8-19,23-25H,20H2,1-7H3/b19-18+/t23-,24-,25+/m0/s1. The van der Waals surface area contributed by atoms with Gasteiger partial charge in [0.2, 0.25) is 0 Å². The first-order valence-corrected chi connectivity index (χ1v) is 16.0.